The third kappa shape index (κ3) is 5.38. The Morgan fingerprint density at radius 3 is 1.65 bits per heavy atom. The van der Waals surface area contributed by atoms with E-state index in [1.165, 1.54) is 19.8 Å². The maximum Gasteiger partial charge on any atom is 0.317 e. The molecule has 9 nitrogen and oxygen atoms in total. The molecule has 11 rings (SSSR count). The molecule has 1 aromatic rings. The van der Waals surface area contributed by atoms with Crippen molar-refractivity contribution in [2.24, 2.45) is 60.6 Å². The second-order valence-electron chi connectivity index (χ2n) is 27.2. The van der Waals surface area contributed by atoms with E-state index < -0.39 is 38.8 Å². The second kappa shape index (κ2) is 13.7. The van der Waals surface area contributed by atoms with Gasteiger partial charge in [0.1, 0.15) is 0 Å². The number of benzene rings is 1. The summed E-state index contributed by atoms with van der Waals surface area (Å²) in [5.41, 5.74) is 1.80. The summed E-state index contributed by atoms with van der Waals surface area (Å²) in [6, 6.07) is 2.01. The Morgan fingerprint density at radius 2 is 1.12 bits per heavy atom. The number of hydrogen-bond acceptors (Lipinski definition) is 9. The van der Waals surface area contributed by atoms with Crippen LogP contribution in [0, 0.1) is 67.5 Å². The number of ketones is 2. The van der Waals surface area contributed by atoms with Gasteiger partial charge in [-0.05, 0) is 197 Å². The van der Waals surface area contributed by atoms with E-state index in [0.29, 0.717) is 22.8 Å². The van der Waals surface area contributed by atoms with Crippen LogP contribution in [0.15, 0.2) is 52.7 Å². The summed E-state index contributed by atoms with van der Waals surface area (Å²) in [5.74, 6) is -2.04. The minimum absolute atomic E-state index is 0.0847. The number of aliphatic hydroxyl groups is 1. The molecule has 0 saturated heterocycles. The molecule has 6 fully saturated rings. The highest BCUT2D eigenvalue weighted by Gasteiger charge is 2.72. The third-order valence-corrected chi connectivity index (χ3v) is 24.2. The van der Waals surface area contributed by atoms with Gasteiger partial charge < -0.3 is 24.1 Å². The Morgan fingerprint density at radius 1 is 0.609 bits per heavy atom. The van der Waals surface area contributed by atoms with E-state index in [4.69, 9.17) is 18.9 Å². The molecule has 10 aliphatic rings. The van der Waals surface area contributed by atoms with Crippen molar-refractivity contribution in [1.82, 2.24) is 0 Å². The number of rotatable bonds is 2. The van der Waals surface area contributed by atoms with Crippen molar-refractivity contribution < 1.29 is 43.2 Å². The zero-order valence-electron chi connectivity index (χ0n) is 44.2. The maximum atomic E-state index is 14.9. The highest BCUT2D eigenvalue weighted by molar-refractivity contribution is 6.10. The van der Waals surface area contributed by atoms with Crippen molar-refractivity contribution in [2.45, 2.75) is 190 Å². The maximum absolute atomic E-state index is 14.9. The topological polar surface area (TPSA) is 125 Å². The molecule has 6 saturated carbocycles. The number of ether oxygens (including phenoxy) is 4. The van der Waals surface area contributed by atoms with Gasteiger partial charge in [0.15, 0.2) is 17.3 Å². The SMILES string of the molecule is COC(=O)[C@]1(C)CC[C@]2(C)CC[C@]3(C)C4=CC=C5C(=CC(=O)[C@]6(O)Oc7c(cc8c(c7C)C(=O)C=C7[C@@]8(C)CC[C@@]8(C)[C@@H]9C[C@](C)(C(=O)OC)CC[C@]9(C)CC[C@]78C)O[C@]56C)[C@]4(C)CC[C@@]3(C)[C@@H]2C1. The molecule has 0 unspecified atom stereocenters. The fourth-order valence-corrected chi connectivity index (χ4v) is 18.9. The van der Waals surface area contributed by atoms with Gasteiger partial charge in [0.2, 0.25) is 11.4 Å². The highest BCUT2D eigenvalue weighted by Crippen LogP contribution is 2.78. The lowest BCUT2D eigenvalue weighted by Gasteiger charge is -2.70. The first-order chi connectivity index (χ1) is 32.0. The Balaban J connectivity index is 0.979. The quantitative estimate of drug-likeness (QED) is 0.289. The Kier molecular flexibility index (Phi) is 9.43. The average molecular weight is 943 g/mol. The van der Waals surface area contributed by atoms with Crippen molar-refractivity contribution in [3.63, 3.8) is 0 Å². The smallest absolute Gasteiger partial charge is 0.317 e. The van der Waals surface area contributed by atoms with Crippen molar-refractivity contribution in [3.05, 3.63) is 69.4 Å². The molecule has 0 amide bonds. The van der Waals surface area contributed by atoms with E-state index in [1.807, 2.05) is 19.1 Å². The molecule has 14 atom stereocenters. The first-order valence-corrected chi connectivity index (χ1v) is 26.4. The summed E-state index contributed by atoms with van der Waals surface area (Å²) in [4.78, 5) is 56.4. The zero-order valence-corrected chi connectivity index (χ0v) is 44.2. The summed E-state index contributed by atoms with van der Waals surface area (Å²) < 4.78 is 24.7. The van der Waals surface area contributed by atoms with Crippen molar-refractivity contribution >= 4 is 23.5 Å². The van der Waals surface area contributed by atoms with Gasteiger partial charge in [-0.1, -0.05) is 73.1 Å². The molecule has 1 heterocycles. The van der Waals surface area contributed by atoms with Crippen LogP contribution in [0.2, 0.25) is 0 Å². The van der Waals surface area contributed by atoms with Crippen LogP contribution >= 0.6 is 0 Å². The fourth-order valence-electron chi connectivity index (χ4n) is 18.9. The molecule has 0 spiro atoms. The largest absolute Gasteiger partial charge is 0.471 e. The van der Waals surface area contributed by atoms with E-state index in [2.05, 4.69) is 81.4 Å². The molecule has 69 heavy (non-hydrogen) atoms. The standard InChI is InChI=1S/C60H78O9/c1-34-45-37(54(7)24-28-58(11)43-33-52(5,48(64)67-14)20-18-50(43,3)22-26-56(58,9)41(54)31-38(45)61)29-39-46(34)69-60(65)44(62)30-36-35(59(60,12)68-39)15-16-40-53(36,6)23-27-57(10)42-32-51(4,47(63)66-13)19-17-49(42,2)21-25-55(40,57)8/h15-16,29-31,42-43,65H,17-28,32-33H2,1-14H3/t42-,43-,49-,50-,51-,52-,53+,54+,55-,56-,57+,58+,59-,60+/m1/s1. The Labute approximate surface area is 410 Å². The summed E-state index contributed by atoms with van der Waals surface area (Å²) in [5, 5.41) is 12.8. The number of esters is 2. The molecular weight excluding hydrogens is 865 g/mol. The van der Waals surface area contributed by atoms with Gasteiger partial charge in [-0.2, -0.15) is 0 Å². The van der Waals surface area contributed by atoms with E-state index >= 15 is 0 Å². The molecule has 1 N–H and O–H groups in total. The monoisotopic (exact) mass is 943 g/mol. The molecule has 0 radical (unpaired) electrons. The predicted molar refractivity (Wildman–Crippen MR) is 263 cm³/mol. The van der Waals surface area contributed by atoms with Gasteiger partial charge in [-0.3, -0.25) is 19.2 Å². The number of methoxy groups -OCH3 is 2. The lowest BCUT2D eigenvalue weighted by Crippen LogP contribution is -2.70. The molecule has 9 aliphatic carbocycles. The number of carbonyl (C=O) groups excluding carboxylic acids is 4. The third-order valence-electron chi connectivity index (χ3n) is 24.2. The molecule has 1 aromatic carbocycles. The molecular formula is C60H78O9. The summed E-state index contributed by atoms with van der Waals surface area (Å²) in [6.45, 7) is 27.0. The predicted octanol–water partition coefficient (Wildman–Crippen LogP) is 12.1. The van der Waals surface area contributed by atoms with Gasteiger partial charge in [0.25, 0.3) is 0 Å². The summed E-state index contributed by atoms with van der Waals surface area (Å²) in [6.07, 6.45) is 20.6. The molecule has 9 heteroatoms. The van der Waals surface area contributed by atoms with Crippen LogP contribution in [-0.4, -0.2) is 54.2 Å². The summed E-state index contributed by atoms with van der Waals surface area (Å²) in [7, 11) is 3.02. The van der Waals surface area contributed by atoms with E-state index in [1.54, 1.807) is 13.0 Å². The van der Waals surface area contributed by atoms with Crippen LogP contribution in [-0.2, 0) is 29.3 Å². The molecule has 372 valence electrons. The van der Waals surface area contributed by atoms with E-state index in [-0.39, 0.29) is 61.9 Å². The minimum atomic E-state index is -2.38. The molecule has 0 bridgehead atoms. The lowest BCUT2D eigenvalue weighted by atomic mass is 9.34. The average Bonchev–Trinajstić information content (AvgIpc) is 3.30. The van der Waals surface area contributed by atoms with Crippen LogP contribution in [0.5, 0.6) is 11.5 Å². The van der Waals surface area contributed by atoms with Crippen LogP contribution in [0.3, 0.4) is 0 Å². The van der Waals surface area contributed by atoms with Crippen LogP contribution in [0.4, 0.5) is 0 Å². The van der Waals surface area contributed by atoms with Gasteiger partial charge in [0.05, 0.1) is 25.0 Å². The fraction of sp³-hybridized carbons (Fsp3) is 0.700. The van der Waals surface area contributed by atoms with Gasteiger partial charge >= 0.3 is 17.7 Å². The van der Waals surface area contributed by atoms with Crippen molar-refractivity contribution in [2.75, 3.05) is 14.2 Å². The Hall–Kier alpha value is -3.98. The van der Waals surface area contributed by atoms with E-state index in [9.17, 15) is 24.3 Å². The normalized spacial score (nSPS) is 48.9. The zero-order chi connectivity index (χ0) is 49.9. The molecule has 1 aliphatic heterocycles. The van der Waals surface area contributed by atoms with E-state index in [0.717, 1.165) is 112 Å². The van der Waals surface area contributed by atoms with Gasteiger partial charge in [-0.15, -0.1) is 0 Å². The Bertz CT molecular complexity index is 2720. The number of carbonyl (C=O) groups is 4. The number of hydrogen-bond donors (Lipinski definition) is 1. The van der Waals surface area contributed by atoms with Crippen molar-refractivity contribution in [1.29, 1.82) is 0 Å². The van der Waals surface area contributed by atoms with Crippen LogP contribution in [0.25, 0.3) is 0 Å². The van der Waals surface area contributed by atoms with Gasteiger partial charge in [0, 0.05) is 27.5 Å². The lowest BCUT2D eigenvalue weighted by molar-refractivity contribution is -0.231. The molecule has 0 aromatic heterocycles. The summed E-state index contributed by atoms with van der Waals surface area (Å²) >= 11 is 0. The highest BCUT2D eigenvalue weighted by atomic mass is 16.7. The van der Waals surface area contributed by atoms with Gasteiger partial charge in [-0.25, -0.2) is 0 Å². The van der Waals surface area contributed by atoms with Crippen LogP contribution < -0.4 is 9.47 Å². The first kappa shape index (κ1) is 47.4. The first-order valence-electron chi connectivity index (χ1n) is 26.4. The number of fused-ring (bicyclic) bond motifs is 17. The second-order valence-corrected chi connectivity index (χ2v) is 27.2. The van der Waals surface area contributed by atoms with Crippen molar-refractivity contribution in [3.8, 4) is 11.5 Å². The number of allylic oxidation sites excluding steroid dienone is 5. The van der Waals surface area contributed by atoms with Crippen LogP contribution in [0.1, 0.15) is 188 Å². The minimum Gasteiger partial charge on any atom is -0.471 e.